The van der Waals surface area contributed by atoms with E-state index in [1.54, 1.807) is 0 Å². The molecule has 6 nitrogen and oxygen atoms in total. The minimum absolute atomic E-state index is 0.760. The normalized spacial score (nSPS) is 11.8. The lowest BCUT2D eigenvalue weighted by Gasteiger charge is -2.05. The van der Waals surface area contributed by atoms with Crippen molar-refractivity contribution in [3.8, 4) is 27.9 Å². The Morgan fingerprint density at radius 2 is 1.15 bits per heavy atom. The Balaban J connectivity index is 1.33. The molecule has 0 unspecified atom stereocenters. The highest BCUT2D eigenvalue weighted by Crippen LogP contribution is 2.33. The molecule has 0 saturated heterocycles. The van der Waals surface area contributed by atoms with Crippen LogP contribution >= 0.6 is 12.2 Å². The first-order valence-corrected chi connectivity index (χ1v) is 15.4. The van der Waals surface area contributed by atoms with Crippen molar-refractivity contribution in [2.24, 2.45) is 4.99 Å². The van der Waals surface area contributed by atoms with E-state index in [4.69, 9.17) is 22.2 Å². The number of aromatic amines is 2. The van der Waals surface area contributed by atoms with Crippen LogP contribution in [0.4, 0.5) is 5.69 Å². The summed E-state index contributed by atoms with van der Waals surface area (Å²) in [7, 11) is 0. The maximum atomic E-state index is 5.08. The number of hydrogen-bond donors (Lipinski definition) is 2. The zero-order valence-corrected chi connectivity index (χ0v) is 25.7. The van der Waals surface area contributed by atoms with Crippen LogP contribution < -0.4 is 4.57 Å². The number of aliphatic imine (C=N–C) groups is 1. The molecule has 218 valence electrons. The number of fused-ring (bicyclic) bond motifs is 8. The van der Waals surface area contributed by atoms with Gasteiger partial charge in [-0.1, -0.05) is 12.1 Å². The Labute approximate surface area is 270 Å². The lowest BCUT2D eigenvalue weighted by Crippen LogP contribution is -2.29. The number of benzene rings is 2. The fourth-order valence-corrected chi connectivity index (χ4v) is 6.01. The highest BCUT2D eigenvalue weighted by Gasteiger charge is 2.14. The van der Waals surface area contributed by atoms with Crippen LogP contribution in [-0.4, -0.2) is 25.1 Å². The molecule has 6 aromatic rings. The first-order valence-electron chi connectivity index (χ1n) is 15.0. The number of nitrogens with zero attached hydrogens (tertiary/aromatic N) is 4. The predicted octanol–water partition coefficient (Wildman–Crippen LogP) is 9.31. The summed E-state index contributed by atoms with van der Waals surface area (Å²) in [5.74, 6) is 0. The number of isothiocyanates is 1. The number of H-pyrrole nitrogens is 2. The molecule has 6 heterocycles. The van der Waals surface area contributed by atoms with Crippen LogP contribution in [0.15, 0.2) is 114 Å². The third kappa shape index (κ3) is 5.30. The molecule has 0 saturated carbocycles. The monoisotopic (exact) mass is 611 g/mol. The van der Waals surface area contributed by atoms with Crippen molar-refractivity contribution in [1.29, 1.82) is 0 Å². The van der Waals surface area contributed by atoms with Gasteiger partial charge in [0.05, 0.1) is 33.6 Å². The van der Waals surface area contributed by atoms with Crippen LogP contribution in [0.2, 0.25) is 0 Å². The maximum absolute atomic E-state index is 5.08. The first kappa shape index (κ1) is 27.5. The van der Waals surface area contributed by atoms with Crippen molar-refractivity contribution in [1.82, 2.24) is 19.9 Å². The molecule has 4 aromatic heterocycles. The molecule has 0 radical (unpaired) electrons. The van der Waals surface area contributed by atoms with Gasteiger partial charge in [0, 0.05) is 57.5 Å². The lowest BCUT2D eigenvalue weighted by atomic mass is 10.0. The number of aryl methyl sites for hydroxylation is 1. The van der Waals surface area contributed by atoms with Gasteiger partial charge in [-0.3, -0.25) is 0 Å². The van der Waals surface area contributed by atoms with Gasteiger partial charge in [0.25, 0.3) is 0 Å². The van der Waals surface area contributed by atoms with Crippen molar-refractivity contribution < 1.29 is 4.57 Å². The molecule has 2 aliphatic rings. The fraction of sp³-hybridized carbons (Fsp3) is 0.0256. The molecule has 7 heteroatoms. The number of thiocarbonyl (C=S) groups is 1. The van der Waals surface area contributed by atoms with Gasteiger partial charge in [0.2, 0.25) is 5.69 Å². The molecule has 8 bridgehead atoms. The SMILES string of the molecule is Cc1cc[n+](-c2ccc(-c3c4nc(cc5ccc([nH]5)c(-c5ccc(N=C=S)cc5)c5nc(cc6ccc3[nH]6)C=C5)C=C4)cc2)cc1. The smallest absolute Gasteiger partial charge is 0.210 e. The Bertz CT molecular complexity index is 2410. The molecule has 0 atom stereocenters. The number of pyridine rings is 1. The van der Waals surface area contributed by atoms with Crippen molar-refractivity contribution >= 4 is 69.4 Å². The zero-order chi connectivity index (χ0) is 31.0. The van der Waals surface area contributed by atoms with Crippen LogP contribution in [0, 0.1) is 6.92 Å². The summed E-state index contributed by atoms with van der Waals surface area (Å²) in [6.07, 6.45) is 12.4. The van der Waals surface area contributed by atoms with Crippen LogP contribution in [0.3, 0.4) is 0 Å². The summed E-state index contributed by atoms with van der Waals surface area (Å²) < 4.78 is 2.12. The second kappa shape index (κ2) is 11.5. The van der Waals surface area contributed by atoms with E-state index in [-0.39, 0.29) is 0 Å². The summed E-state index contributed by atoms with van der Waals surface area (Å²) in [6, 6.07) is 33.3. The van der Waals surface area contributed by atoms with E-state index in [1.165, 1.54) is 5.56 Å². The second-order valence-corrected chi connectivity index (χ2v) is 11.5. The molecule has 0 fully saturated rings. The van der Waals surface area contributed by atoms with Crippen molar-refractivity contribution in [3.63, 3.8) is 0 Å². The van der Waals surface area contributed by atoms with Gasteiger partial charge in [-0.15, -0.1) is 0 Å². The quantitative estimate of drug-likeness (QED) is 0.118. The van der Waals surface area contributed by atoms with Gasteiger partial charge >= 0.3 is 0 Å². The molecule has 0 spiro atoms. The minimum Gasteiger partial charge on any atom is -0.355 e. The van der Waals surface area contributed by atoms with Crippen molar-refractivity contribution in [3.05, 3.63) is 138 Å². The molecule has 0 amide bonds. The topological polar surface area (TPSA) is 73.6 Å². The van der Waals surface area contributed by atoms with Crippen LogP contribution in [0.25, 0.3) is 74.3 Å². The standard InChI is InChI=1S/C39H27N6S/c1-25-18-20-45(21-19-25)33-12-4-27(5-13-33)39-36-16-10-31(43-36)22-29-8-14-34(41-29)38(26-2-6-28(7-3-26)40-24-46)35-15-9-30(42-35)23-32-11-17-37(39)44-32/h2-23,41,44H,1H3/q+1. The zero-order valence-electron chi connectivity index (χ0n) is 24.9. The predicted molar refractivity (Wildman–Crippen MR) is 191 cm³/mol. The average Bonchev–Trinajstić information content (AvgIpc) is 3.90. The molecular weight excluding hydrogens is 585 g/mol. The average molecular weight is 612 g/mol. The Morgan fingerprint density at radius 3 is 1.67 bits per heavy atom. The van der Waals surface area contributed by atoms with Crippen LogP contribution in [0.1, 0.15) is 28.3 Å². The van der Waals surface area contributed by atoms with Gasteiger partial charge < -0.3 is 9.97 Å². The van der Waals surface area contributed by atoms with Gasteiger partial charge in [0.1, 0.15) is 0 Å². The molecule has 2 aromatic carbocycles. The van der Waals surface area contributed by atoms with E-state index in [1.807, 2.05) is 30.3 Å². The van der Waals surface area contributed by atoms with E-state index < -0.39 is 0 Å². The highest BCUT2D eigenvalue weighted by atomic mass is 32.1. The summed E-state index contributed by atoms with van der Waals surface area (Å²) >= 11 is 4.79. The number of hydrogen-bond acceptors (Lipinski definition) is 4. The van der Waals surface area contributed by atoms with E-state index >= 15 is 0 Å². The molecule has 46 heavy (non-hydrogen) atoms. The molecule has 0 aliphatic carbocycles. The lowest BCUT2D eigenvalue weighted by molar-refractivity contribution is -0.595. The Hall–Kier alpha value is -6.01. The summed E-state index contributed by atoms with van der Waals surface area (Å²) in [6.45, 7) is 2.10. The third-order valence-electron chi connectivity index (χ3n) is 8.18. The summed E-state index contributed by atoms with van der Waals surface area (Å²) in [4.78, 5) is 21.5. The molecule has 2 aliphatic heterocycles. The Kier molecular flexibility index (Phi) is 6.88. The van der Waals surface area contributed by atoms with Crippen LogP contribution in [0.5, 0.6) is 0 Å². The molecule has 8 rings (SSSR count). The number of aromatic nitrogens is 5. The first-order chi connectivity index (χ1) is 22.6. The molecular formula is C39H27N6S+. The van der Waals surface area contributed by atoms with E-state index in [0.29, 0.717) is 0 Å². The Morgan fingerprint density at radius 1 is 0.630 bits per heavy atom. The number of rotatable bonds is 4. The van der Waals surface area contributed by atoms with Crippen LogP contribution in [-0.2, 0) is 0 Å². The maximum Gasteiger partial charge on any atom is 0.210 e. The van der Waals surface area contributed by atoms with E-state index in [9.17, 15) is 0 Å². The van der Waals surface area contributed by atoms with Crippen molar-refractivity contribution in [2.75, 3.05) is 0 Å². The van der Waals surface area contributed by atoms with Crippen molar-refractivity contribution in [2.45, 2.75) is 6.92 Å². The van der Waals surface area contributed by atoms with E-state index in [2.05, 4.69) is 135 Å². The minimum atomic E-state index is 0.760. The highest BCUT2D eigenvalue weighted by molar-refractivity contribution is 7.78. The largest absolute Gasteiger partial charge is 0.355 e. The van der Waals surface area contributed by atoms with Gasteiger partial charge in [-0.2, -0.15) is 9.56 Å². The third-order valence-corrected chi connectivity index (χ3v) is 8.27. The van der Waals surface area contributed by atoms with Gasteiger partial charge in [0.15, 0.2) is 12.4 Å². The van der Waals surface area contributed by atoms with Gasteiger partial charge in [-0.25, -0.2) is 9.97 Å². The summed E-state index contributed by atoms with van der Waals surface area (Å²) in [5.41, 5.74) is 14.6. The molecule has 2 N–H and O–H groups in total. The van der Waals surface area contributed by atoms with Gasteiger partial charge in [-0.05, 0) is 121 Å². The second-order valence-electron chi connectivity index (χ2n) is 11.3. The fourth-order valence-electron chi connectivity index (χ4n) is 5.91. The number of nitrogens with one attached hydrogen (secondary N) is 2. The van der Waals surface area contributed by atoms with E-state index in [0.717, 1.165) is 78.5 Å². The summed E-state index contributed by atoms with van der Waals surface area (Å²) in [5, 5.41) is 2.44.